The Labute approximate surface area is 168 Å². The monoisotopic (exact) mass is 422 g/mol. The normalized spacial score (nSPS) is 16.5. The van der Waals surface area contributed by atoms with Crippen molar-refractivity contribution in [3.05, 3.63) is 78.4 Å². The second-order valence-corrected chi connectivity index (χ2v) is 8.05. The minimum absolute atomic E-state index is 0.0102. The number of halogens is 3. The van der Waals surface area contributed by atoms with Crippen LogP contribution in [0.1, 0.15) is 22.8 Å². The standard InChI is InChI=1S/C19H13Cl2FN2O2S/c1-23-18-17(27-19(23)26)12(16-13(21)3-2-4-14(16)22)9-15(25)24(18)11-7-5-10(20)6-8-11/h2-8,12H,9H2,1H3/t12-/m1/s1. The smallest absolute Gasteiger partial charge is 0.288 e. The Balaban J connectivity index is 1.94. The molecule has 1 aliphatic heterocycles. The number of fused-ring (bicyclic) bond motifs is 1. The van der Waals surface area contributed by atoms with E-state index in [2.05, 4.69) is 0 Å². The summed E-state index contributed by atoms with van der Waals surface area (Å²) in [6.45, 7) is 0. The lowest BCUT2D eigenvalue weighted by atomic mass is 9.90. The molecule has 27 heavy (non-hydrogen) atoms. The molecular weight excluding hydrogens is 410 g/mol. The van der Waals surface area contributed by atoms with Gasteiger partial charge in [-0.3, -0.25) is 19.1 Å². The van der Waals surface area contributed by atoms with E-state index in [1.165, 1.54) is 21.6 Å². The first-order valence-electron chi connectivity index (χ1n) is 8.10. The Hall–Kier alpha value is -2.15. The van der Waals surface area contributed by atoms with Gasteiger partial charge in [-0.2, -0.15) is 0 Å². The largest absolute Gasteiger partial charge is 0.308 e. The minimum Gasteiger partial charge on any atom is -0.288 e. The fourth-order valence-corrected chi connectivity index (χ4v) is 4.85. The van der Waals surface area contributed by atoms with E-state index in [-0.39, 0.29) is 27.8 Å². The third-order valence-corrected chi connectivity index (χ3v) is 6.32. The molecule has 4 nitrogen and oxygen atoms in total. The predicted molar refractivity (Wildman–Crippen MR) is 106 cm³/mol. The number of hydrogen-bond donors (Lipinski definition) is 0. The van der Waals surface area contributed by atoms with Crippen molar-refractivity contribution in [2.75, 3.05) is 4.90 Å². The van der Waals surface area contributed by atoms with Gasteiger partial charge in [-0.15, -0.1) is 0 Å². The molecule has 138 valence electrons. The number of benzene rings is 2. The van der Waals surface area contributed by atoms with Crippen molar-refractivity contribution in [3.63, 3.8) is 0 Å². The highest BCUT2D eigenvalue weighted by Gasteiger charge is 2.39. The van der Waals surface area contributed by atoms with E-state index in [1.807, 2.05) is 0 Å². The van der Waals surface area contributed by atoms with Crippen molar-refractivity contribution in [2.45, 2.75) is 12.3 Å². The Morgan fingerprint density at radius 1 is 1.11 bits per heavy atom. The zero-order valence-corrected chi connectivity index (χ0v) is 16.4. The molecule has 0 bridgehead atoms. The topological polar surface area (TPSA) is 42.3 Å². The lowest BCUT2D eigenvalue weighted by Gasteiger charge is -2.32. The lowest BCUT2D eigenvalue weighted by molar-refractivity contribution is -0.118. The van der Waals surface area contributed by atoms with E-state index in [0.29, 0.717) is 21.4 Å². The number of aromatic nitrogens is 1. The Morgan fingerprint density at radius 2 is 1.81 bits per heavy atom. The summed E-state index contributed by atoms with van der Waals surface area (Å²) in [6, 6.07) is 11.2. The van der Waals surface area contributed by atoms with Gasteiger partial charge in [-0.05, 0) is 36.4 Å². The molecule has 0 N–H and O–H groups in total. The molecule has 0 aliphatic carbocycles. The minimum atomic E-state index is -0.608. The Bertz CT molecular complexity index is 1090. The van der Waals surface area contributed by atoms with Crippen molar-refractivity contribution >= 4 is 52.0 Å². The maximum atomic E-state index is 14.5. The number of rotatable bonds is 2. The second kappa shape index (κ2) is 6.78. The van der Waals surface area contributed by atoms with E-state index >= 15 is 0 Å². The van der Waals surface area contributed by atoms with Gasteiger partial charge in [-0.1, -0.05) is 40.6 Å². The fraction of sp³-hybridized carbons (Fsp3) is 0.158. The van der Waals surface area contributed by atoms with Gasteiger partial charge in [0, 0.05) is 35.0 Å². The second-order valence-electron chi connectivity index (χ2n) is 6.21. The summed E-state index contributed by atoms with van der Waals surface area (Å²) in [5, 5.41) is 0.779. The van der Waals surface area contributed by atoms with Crippen molar-refractivity contribution < 1.29 is 9.18 Å². The fourth-order valence-electron chi connectivity index (χ4n) is 3.36. The highest BCUT2D eigenvalue weighted by atomic mass is 35.5. The highest BCUT2D eigenvalue weighted by molar-refractivity contribution is 7.10. The third kappa shape index (κ3) is 2.98. The summed E-state index contributed by atoms with van der Waals surface area (Å²) in [7, 11) is 1.60. The molecule has 0 saturated heterocycles. The summed E-state index contributed by atoms with van der Waals surface area (Å²) in [5.41, 5.74) is 0.837. The number of amides is 1. The number of anilines is 2. The van der Waals surface area contributed by atoms with Crippen molar-refractivity contribution in [3.8, 4) is 0 Å². The van der Waals surface area contributed by atoms with E-state index in [4.69, 9.17) is 23.2 Å². The summed E-state index contributed by atoms with van der Waals surface area (Å²) in [6.07, 6.45) is 0.0102. The van der Waals surface area contributed by atoms with Crippen molar-refractivity contribution in [1.29, 1.82) is 0 Å². The van der Waals surface area contributed by atoms with Crippen LogP contribution >= 0.6 is 34.5 Å². The zero-order valence-electron chi connectivity index (χ0n) is 14.1. The number of nitrogens with zero attached hydrogens (tertiary/aromatic N) is 2. The van der Waals surface area contributed by atoms with Gasteiger partial charge < -0.3 is 0 Å². The first-order valence-corrected chi connectivity index (χ1v) is 9.68. The van der Waals surface area contributed by atoms with Gasteiger partial charge in [0.05, 0.1) is 10.6 Å². The van der Waals surface area contributed by atoms with E-state index < -0.39 is 11.7 Å². The van der Waals surface area contributed by atoms with Crippen molar-refractivity contribution in [2.24, 2.45) is 7.05 Å². The summed E-state index contributed by atoms with van der Waals surface area (Å²) >= 11 is 13.2. The molecule has 8 heteroatoms. The molecule has 0 saturated carbocycles. The number of hydrogen-bond acceptors (Lipinski definition) is 3. The molecule has 2 aromatic carbocycles. The van der Waals surface area contributed by atoms with Gasteiger partial charge in [0.2, 0.25) is 5.91 Å². The van der Waals surface area contributed by atoms with Gasteiger partial charge in [0.25, 0.3) is 0 Å². The van der Waals surface area contributed by atoms with Crippen LogP contribution in [-0.2, 0) is 11.8 Å². The molecule has 0 unspecified atom stereocenters. The van der Waals surface area contributed by atoms with Gasteiger partial charge in [0.15, 0.2) is 0 Å². The van der Waals surface area contributed by atoms with Crippen LogP contribution in [0.5, 0.6) is 0 Å². The van der Waals surface area contributed by atoms with Crippen LogP contribution in [0.25, 0.3) is 0 Å². The van der Waals surface area contributed by atoms with E-state index in [9.17, 15) is 14.0 Å². The summed E-state index contributed by atoms with van der Waals surface area (Å²) in [5.74, 6) is -0.909. The number of carbonyl (C=O) groups is 1. The van der Waals surface area contributed by atoms with E-state index in [0.717, 1.165) is 11.3 Å². The maximum Gasteiger partial charge on any atom is 0.308 e. The van der Waals surface area contributed by atoms with Gasteiger partial charge in [0.1, 0.15) is 11.6 Å². The van der Waals surface area contributed by atoms with Gasteiger partial charge in [-0.25, -0.2) is 4.39 Å². The molecule has 1 amide bonds. The van der Waals surface area contributed by atoms with Gasteiger partial charge >= 0.3 is 4.87 Å². The van der Waals surface area contributed by atoms with Crippen LogP contribution in [0.3, 0.4) is 0 Å². The number of thiazole rings is 1. The molecule has 4 rings (SSSR count). The van der Waals surface area contributed by atoms with Crippen LogP contribution in [0, 0.1) is 5.82 Å². The van der Waals surface area contributed by atoms with Crippen LogP contribution in [0.2, 0.25) is 10.0 Å². The molecule has 0 radical (unpaired) electrons. The molecule has 1 aromatic heterocycles. The van der Waals surface area contributed by atoms with Crippen LogP contribution < -0.4 is 9.77 Å². The van der Waals surface area contributed by atoms with Crippen molar-refractivity contribution in [1.82, 2.24) is 4.57 Å². The molecular formula is C19H13Cl2FN2O2S. The molecule has 0 fully saturated rings. The highest BCUT2D eigenvalue weighted by Crippen LogP contribution is 2.46. The lowest BCUT2D eigenvalue weighted by Crippen LogP contribution is -2.35. The van der Waals surface area contributed by atoms with E-state index in [1.54, 1.807) is 37.4 Å². The third-order valence-electron chi connectivity index (χ3n) is 4.60. The first kappa shape index (κ1) is 18.2. The predicted octanol–water partition coefficient (Wildman–Crippen LogP) is 5.09. The zero-order chi connectivity index (χ0) is 19.3. The molecule has 1 aliphatic rings. The molecule has 0 spiro atoms. The number of carbonyl (C=O) groups excluding carboxylic acids is 1. The average Bonchev–Trinajstić information content (AvgIpc) is 2.92. The molecule has 1 atom stereocenters. The summed E-state index contributed by atoms with van der Waals surface area (Å²) < 4.78 is 15.9. The summed E-state index contributed by atoms with van der Waals surface area (Å²) in [4.78, 5) is 27.3. The maximum absolute atomic E-state index is 14.5. The Morgan fingerprint density at radius 3 is 2.48 bits per heavy atom. The average molecular weight is 423 g/mol. The van der Waals surface area contributed by atoms with Crippen LogP contribution in [0.15, 0.2) is 47.3 Å². The van der Waals surface area contributed by atoms with Crippen LogP contribution in [-0.4, -0.2) is 10.5 Å². The molecule has 2 heterocycles. The van der Waals surface area contributed by atoms with Crippen LogP contribution in [0.4, 0.5) is 15.9 Å². The first-order chi connectivity index (χ1) is 12.9. The quantitative estimate of drug-likeness (QED) is 0.576. The Kier molecular flexibility index (Phi) is 4.58. The molecule has 3 aromatic rings. The SMILES string of the molecule is Cn1c2c(sc1=O)[C@@H](c1c(F)cccc1Cl)CC(=O)N2c1ccc(Cl)cc1.